The largest absolute Gasteiger partial charge is 0.311 e. The van der Waals surface area contributed by atoms with Gasteiger partial charge in [0.25, 0.3) is 0 Å². The normalized spacial score (nSPS) is 10.6. The van der Waals surface area contributed by atoms with Crippen molar-refractivity contribution in [3.8, 4) is 5.82 Å². The number of rotatable bonds is 5. The van der Waals surface area contributed by atoms with Crippen LogP contribution in [0, 0.1) is 13.8 Å². The van der Waals surface area contributed by atoms with Crippen LogP contribution in [0.4, 0.5) is 5.82 Å². The zero-order valence-electron chi connectivity index (χ0n) is 13.7. The molecule has 6 nitrogen and oxygen atoms in total. The second kappa shape index (κ2) is 7.04. The van der Waals surface area contributed by atoms with Crippen LogP contribution >= 0.6 is 0 Å². The van der Waals surface area contributed by atoms with E-state index in [0.29, 0.717) is 24.5 Å². The fourth-order valence-electron chi connectivity index (χ4n) is 2.50. The lowest BCUT2D eigenvalue weighted by Gasteiger charge is -2.07. The lowest BCUT2D eigenvalue weighted by atomic mass is 10.1. The summed E-state index contributed by atoms with van der Waals surface area (Å²) in [7, 11) is 0. The summed E-state index contributed by atoms with van der Waals surface area (Å²) in [5.74, 6) is 1.04. The maximum Gasteiger partial charge on any atom is 0.225 e. The van der Waals surface area contributed by atoms with Crippen LogP contribution in [0.25, 0.3) is 5.82 Å². The first kappa shape index (κ1) is 15.9. The molecule has 3 rings (SSSR count). The third-order valence-corrected chi connectivity index (χ3v) is 3.63. The van der Waals surface area contributed by atoms with Crippen LogP contribution in [0.1, 0.15) is 23.4 Å². The zero-order chi connectivity index (χ0) is 16.9. The van der Waals surface area contributed by atoms with Gasteiger partial charge in [0.1, 0.15) is 12.1 Å². The van der Waals surface area contributed by atoms with E-state index in [-0.39, 0.29) is 5.91 Å². The van der Waals surface area contributed by atoms with Gasteiger partial charge in [-0.3, -0.25) is 4.79 Å². The van der Waals surface area contributed by atoms with E-state index in [4.69, 9.17) is 0 Å². The monoisotopic (exact) mass is 321 g/mol. The minimum atomic E-state index is -0.0723. The number of aromatic nitrogens is 4. The van der Waals surface area contributed by atoms with Crippen LogP contribution in [0.2, 0.25) is 0 Å². The summed E-state index contributed by atoms with van der Waals surface area (Å²) >= 11 is 0. The molecule has 0 radical (unpaired) electrons. The number of hydrogen-bond acceptors (Lipinski definition) is 4. The van der Waals surface area contributed by atoms with E-state index in [9.17, 15) is 4.79 Å². The summed E-state index contributed by atoms with van der Waals surface area (Å²) in [5, 5.41) is 7.21. The van der Waals surface area contributed by atoms with E-state index >= 15 is 0 Å². The van der Waals surface area contributed by atoms with Gasteiger partial charge in [0.2, 0.25) is 5.91 Å². The molecule has 122 valence electrons. The van der Waals surface area contributed by atoms with E-state index in [0.717, 1.165) is 17.0 Å². The smallest absolute Gasteiger partial charge is 0.225 e. The molecule has 24 heavy (non-hydrogen) atoms. The van der Waals surface area contributed by atoms with Gasteiger partial charge in [-0.05, 0) is 31.9 Å². The molecule has 0 fully saturated rings. The molecular weight excluding hydrogens is 302 g/mol. The highest BCUT2D eigenvalue weighted by atomic mass is 16.1. The minimum Gasteiger partial charge on any atom is -0.311 e. The van der Waals surface area contributed by atoms with Crippen molar-refractivity contribution in [1.29, 1.82) is 0 Å². The van der Waals surface area contributed by atoms with Crippen LogP contribution in [-0.4, -0.2) is 25.7 Å². The third kappa shape index (κ3) is 3.84. The first-order valence-electron chi connectivity index (χ1n) is 7.81. The van der Waals surface area contributed by atoms with Gasteiger partial charge >= 0.3 is 0 Å². The van der Waals surface area contributed by atoms with Gasteiger partial charge in [0.05, 0.1) is 5.69 Å². The highest BCUT2D eigenvalue weighted by Gasteiger charge is 2.09. The lowest BCUT2D eigenvalue weighted by molar-refractivity contribution is -0.116. The second-order valence-electron chi connectivity index (χ2n) is 5.63. The van der Waals surface area contributed by atoms with Gasteiger partial charge < -0.3 is 5.32 Å². The number of benzene rings is 1. The Hall–Kier alpha value is -3.02. The molecule has 6 heteroatoms. The van der Waals surface area contributed by atoms with Crippen LogP contribution in [0.5, 0.6) is 0 Å². The van der Waals surface area contributed by atoms with Crippen molar-refractivity contribution in [2.75, 3.05) is 5.32 Å². The molecule has 1 aromatic carbocycles. The van der Waals surface area contributed by atoms with Crippen molar-refractivity contribution in [2.45, 2.75) is 26.7 Å². The number of nitrogens with one attached hydrogen (secondary N) is 1. The molecule has 0 aliphatic carbocycles. The third-order valence-electron chi connectivity index (χ3n) is 3.63. The Balaban J connectivity index is 1.66. The molecule has 1 amide bonds. The SMILES string of the molecule is Cc1cc(C)n(-c2cc(NC(=O)CCc3ccccc3)ncn2)n1. The van der Waals surface area contributed by atoms with Crippen molar-refractivity contribution in [2.24, 2.45) is 0 Å². The predicted molar refractivity (Wildman–Crippen MR) is 92.0 cm³/mol. The van der Waals surface area contributed by atoms with E-state index in [1.54, 1.807) is 10.7 Å². The Morgan fingerprint density at radius 3 is 2.62 bits per heavy atom. The summed E-state index contributed by atoms with van der Waals surface area (Å²) in [5.41, 5.74) is 3.03. The molecule has 0 spiro atoms. The molecule has 0 atom stereocenters. The van der Waals surface area contributed by atoms with E-state index in [2.05, 4.69) is 20.4 Å². The fraction of sp³-hybridized carbons (Fsp3) is 0.222. The highest BCUT2D eigenvalue weighted by molar-refractivity contribution is 5.90. The van der Waals surface area contributed by atoms with Crippen molar-refractivity contribution in [1.82, 2.24) is 19.7 Å². The van der Waals surface area contributed by atoms with Gasteiger partial charge in [-0.15, -0.1) is 0 Å². The van der Waals surface area contributed by atoms with Gasteiger partial charge in [-0.25, -0.2) is 14.6 Å². The van der Waals surface area contributed by atoms with Gasteiger partial charge in [0, 0.05) is 18.2 Å². The quantitative estimate of drug-likeness (QED) is 0.784. The standard InChI is InChI=1S/C18H19N5O/c1-13-10-14(2)23(22-13)17-11-16(19-12-20-17)21-18(24)9-8-15-6-4-3-5-7-15/h3-7,10-12H,8-9H2,1-2H3,(H,19,20,21,24). The maximum absolute atomic E-state index is 12.1. The summed E-state index contributed by atoms with van der Waals surface area (Å²) < 4.78 is 1.73. The number of amides is 1. The first-order chi connectivity index (χ1) is 11.6. The number of hydrogen-bond donors (Lipinski definition) is 1. The zero-order valence-corrected chi connectivity index (χ0v) is 13.7. The molecular formula is C18H19N5O. The van der Waals surface area contributed by atoms with Crippen LogP contribution in [0.15, 0.2) is 48.8 Å². The van der Waals surface area contributed by atoms with E-state index in [1.807, 2.05) is 50.2 Å². The Labute approximate surface area is 140 Å². The number of nitrogens with zero attached hydrogens (tertiary/aromatic N) is 4. The Kier molecular flexibility index (Phi) is 4.65. The molecule has 0 aliphatic heterocycles. The maximum atomic E-state index is 12.1. The van der Waals surface area contributed by atoms with Crippen LogP contribution < -0.4 is 5.32 Å². The summed E-state index contributed by atoms with van der Waals surface area (Å²) in [6.07, 6.45) is 2.53. The molecule has 0 bridgehead atoms. The summed E-state index contributed by atoms with van der Waals surface area (Å²) in [6, 6.07) is 13.6. The average molecular weight is 321 g/mol. The lowest BCUT2D eigenvalue weighted by Crippen LogP contribution is -2.14. The molecule has 1 N–H and O–H groups in total. The molecule has 2 aromatic heterocycles. The number of anilines is 1. The van der Waals surface area contributed by atoms with Crippen molar-refractivity contribution in [3.05, 3.63) is 65.7 Å². The van der Waals surface area contributed by atoms with E-state index < -0.39 is 0 Å². The molecule has 0 saturated carbocycles. The minimum absolute atomic E-state index is 0.0723. The summed E-state index contributed by atoms with van der Waals surface area (Å²) in [4.78, 5) is 20.4. The molecule has 3 aromatic rings. The number of carbonyl (C=O) groups excluding carboxylic acids is 1. The highest BCUT2D eigenvalue weighted by Crippen LogP contribution is 2.13. The number of aryl methyl sites for hydroxylation is 3. The topological polar surface area (TPSA) is 72.7 Å². The Bertz CT molecular complexity index is 842. The molecule has 0 unspecified atom stereocenters. The fourth-order valence-corrected chi connectivity index (χ4v) is 2.50. The van der Waals surface area contributed by atoms with E-state index in [1.165, 1.54) is 6.33 Å². The molecule has 2 heterocycles. The van der Waals surface area contributed by atoms with Gasteiger partial charge in [0.15, 0.2) is 5.82 Å². The van der Waals surface area contributed by atoms with Crippen molar-refractivity contribution in [3.63, 3.8) is 0 Å². The predicted octanol–water partition coefficient (Wildman–Crippen LogP) is 2.85. The Morgan fingerprint density at radius 1 is 1.12 bits per heavy atom. The van der Waals surface area contributed by atoms with Gasteiger partial charge in [-0.2, -0.15) is 5.10 Å². The Morgan fingerprint density at radius 2 is 1.92 bits per heavy atom. The summed E-state index contributed by atoms with van der Waals surface area (Å²) in [6.45, 7) is 3.89. The van der Waals surface area contributed by atoms with Crippen molar-refractivity contribution < 1.29 is 4.79 Å². The average Bonchev–Trinajstić information content (AvgIpc) is 2.93. The first-order valence-corrected chi connectivity index (χ1v) is 7.81. The van der Waals surface area contributed by atoms with Crippen LogP contribution in [0.3, 0.4) is 0 Å². The molecule has 0 aliphatic rings. The molecule has 0 saturated heterocycles. The van der Waals surface area contributed by atoms with Gasteiger partial charge in [-0.1, -0.05) is 30.3 Å². The number of carbonyl (C=O) groups is 1. The van der Waals surface area contributed by atoms with Crippen LogP contribution in [-0.2, 0) is 11.2 Å². The second-order valence-corrected chi connectivity index (χ2v) is 5.63. The van der Waals surface area contributed by atoms with Crippen molar-refractivity contribution >= 4 is 11.7 Å².